The van der Waals surface area contributed by atoms with Crippen LogP contribution in [0.3, 0.4) is 0 Å². The van der Waals surface area contributed by atoms with Gasteiger partial charge in [-0.3, -0.25) is 4.79 Å². The first-order chi connectivity index (χ1) is 8.22. The van der Waals surface area contributed by atoms with Crippen LogP contribution in [0.5, 0.6) is 0 Å². The topological polar surface area (TPSA) is 42.0 Å². The third kappa shape index (κ3) is 2.16. The van der Waals surface area contributed by atoms with Crippen molar-refractivity contribution >= 4 is 17.5 Å². The Bertz CT molecular complexity index is 449. The number of carbonyl (C=O) groups excluding carboxylic acids is 1. The average Bonchev–Trinajstić information content (AvgIpc) is 2.91. The smallest absolute Gasteiger partial charge is 0.251 e. The molecule has 0 radical (unpaired) electrons. The monoisotopic (exact) mass is 250 g/mol. The molecule has 4 heteroatoms. The molecule has 0 saturated heterocycles. The number of rotatable bonds is 2. The molecule has 1 amide bonds. The second-order valence-electron chi connectivity index (χ2n) is 5.12. The largest absolute Gasteiger partial charge is 0.349 e. The first-order valence-electron chi connectivity index (χ1n) is 6.15. The molecule has 3 rings (SSSR count). The van der Waals surface area contributed by atoms with E-state index in [2.05, 4.69) is 10.3 Å². The second kappa shape index (κ2) is 4.30. The average molecular weight is 251 g/mol. The minimum absolute atomic E-state index is 0.0214. The van der Waals surface area contributed by atoms with Crippen molar-refractivity contribution in [1.29, 1.82) is 0 Å². The molecule has 3 unspecified atom stereocenters. The van der Waals surface area contributed by atoms with Crippen molar-refractivity contribution in [3.63, 3.8) is 0 Å². The summed E-state index contributed by atoms with van der Waals surface area (Å²) >= 11 is 5.78. The van der Waals surface area contributed by atoms with E-state index in [1.54, 1.807) is 18.3 Å². The summed E-state index contributed by atoms with van der Waals surface area (Å²) in [7, 11) is 0. The highest BCUT2D eigenvalue weighted by Gasteiger charge is 2.40. The SMILES string of the molecule is O=C(NC1CC2CCC1C2)c1ccnc(Cl)c1. The molecule has 90 valence electrons. The predicted octanol–water partition coefficient (Wildman–Crippen LogP) is 2.65. The van der Waals surface area contributed by atoms with Gasteiger partial charge in [0.25, 0.3) is 5.91 Å². The van der Waals surface area contributed by atoms with Gasteiger partial charge in [-0.25, -0.2) is 4.98 Å². The lowest BCUT2D eigenvalue weighted by molar-refractivity contribution is 0.0923. The summed E-state index contributed by atoms with van der Waals surface area (Å²) in [5, 5.41) is 3.49. The molecule has 2 aliphatic rings. The zero-order valence-electron chi connectivity index (χ0n) is 9.53. The van der Waals surface area contributed by atoms with Crippen molar-refractivity contribution in [3.05, 3.63) is 29.0 Å². The minimum Gasteiger partial charge on any atom is -0.349 e. The lowest BCUT2D eigenvalue weighted by atomic mass is 9.95. The van der Waals surface area contributed by atoms with Crippen LogP contribution in [0.2, 0.25) is 5.15 Å². The van der Waals surface area contributed by atoms with Gasteiger partial charge in [-0.05, 0) is 43.2 Å². The highest BCUT2D eigenvalue weighted by molar-refractivity contribution is 6.29. The van der Waals surface area contributed by atoms with Gasteiger partial charge in [0.15, 0.2) is 0 Å². The van der Waals surface area contributed by atoms with Gasteiger partial charge in [-0.1, -0.05) is 18.0 Å². The summed E-state index contributed by atoms with van der Waals surface area (Å²) in [6.45, 7) is 0. The summed E-state index contributed by atoms with van der Waals surface area (Å²) in [6.07, 6.45) is 6.63. The molecule has 1 aromatic rings. The van der Waals surface area contributed by atoms with Crippen molar-refractivity contribution < 1.29 is 4.79 Å². The molecule has 2 fully saturated rings. The van der Waals surface area contributed by atoms with E-state index in [1.165, 1.54) is 19.3 Å². The summed E-state index contributed by atoms with van der Waals surface area (Å²) in [6, 6.07) is 3.69. The number of carbonyl (C=O) groups is 1. The van der Waals surface area contributed by atoms with E-state index in [0.717, 1.165) is 12.3 Å². The Morgan fingerprint density at radius 2 is 2.29 bits per heavy atom. The fourth-order valence-corrected chi connectivity index (χ4v) is 3.39. The van der Waals surface area contributed by atoms with E-state index in [0.29, 0.717) is 22.7 Å². The van der Waals surface area contributed by atoms with Crippen LogP contribution in [0.25, 0.3) is 0 Å². The number of nitrogens with one attached hydrogen (secondary N) is 1. The van der Waals surface area contributed by atoms with Crippen molar-refractivity contribution in [2.45, 2.75) is 31.7 Å². The van der Waals surface area contributed by atoms with Crippen molar-refractivity contribution in [1.82, 2.24) is 10.3 Å². The van der Waals surface area contributed by atoms with E-state index >= 15 is 0 Å². The van der Waals surface area contributed by atoms with Gasteiger partial charge < -0.3 is 5.32 Å². The van der Waals surface area contributed by atoms with Gasteiger partial charge in [-0.15, -0.1) is 0 Å². The van der Waals surface area contributed by atoms with Crippen LogP contribution in [0.4, 0.5) is 0 Å². The van der Waals surface area contributed by atoms with Gasteiger partial charge in [0.05, 0.1) is 0 Å². The third-order valence-corrected chi connectivity index (χ3v) is 4.25. The number of hydrogen-bond acceptors (Lipinski definition) is 2. The zero-order chi connectivity index (χ0) is 11.8. The third-order valence-electron chi connectivity index (χ3n) is 4.04. The van der Waals surface area contributed by atoms with Crippen molar-refractivity contribution in [2.24, 2.45) is 11.8 Å². The highest BCUT2D eigenvalue weighted by atomic mass is 35.5. The zero-order valence-corrected chi connectivity index (χ0v) is 10.3. The fraction of sp³-hybridized carbons (Fsp3) is 0.538. The van der Waals surface area contributed by atoms with Gasteiger partial charge in [-0.2, -0.15) is 0 Å². The van der Waals surface area contributed by atoms with E-state index in [1.807, 2.05) is 0 Å². The van der Waals surface area contributed by atoms with Crippen LogP contribution in [0.1, 0.15) is 36.0 Å². The summed E-state index contributed by atoms with van der Waals surface area (Å²) < 4.78 is 0. The summed E-state index contributed by atoms with van der Waals surface area (Å²) in [5.41, 5.74) is 0.604. The molecule has 1 N–H and O–H groups in total. The number of fused-ring (bicyclic) bond motifs is 2. The van der Waals surface area contributed by atoms with Crippen LogP contribution < -0.4 is 5.32 Å². The molecule has 2 bridgehead atoms. The lowest BCUT2D eigenvalue weighted by Gasteiger charge is -2.22. The minimum atomic E-state index is -0.0214. The van der Waals surface area contributed by atoms with Crippen LogP contribution in [0.15, 0.2) is 18.3 Å². The quantitative estimate of drug-likeness (QED) is 0.820. The molecule has 0 aliphatic heterocycles. The van der Waals surface area contributed by atoms with E-state index in [4.69, 9.17) is 11.6 Å². The predicted molar refractivity (Wildman–Crippen MR) is 65.9 cm³/mol. The van der Waals surface area contributed by atoms with Crippen LogP contribution in [-0.4, -0.2) is 16.9 Å². The fourth-order valence-electron chi connectivity index (χ4n) is 3.22. The first kappa shape index (κ1) is 11.0. The van der Waals surface area contributed by atoms with Gasteiger partial charge in [0.2, 0.25) is 0 Å². The Hall–Kier alpha value is -1.09. The lowest BCUT2D eigenvalue weighted by Crippen LogP contribution is -2.38. The first-order valence-corrected chi connectivity index (χ1v) is 6.52. The molecule has 3 nitrogen and oxygen atoms in total. The molecular weight excluding hydrogens is 236 g/mol. The maximum Gasteiger partial charge on any atom is 0.251 e. The van der Waals surface area contributed by atoms with Crippen molar-refractivity contribution in [2.75, 3.05) is 0 Å². The number of aromatic nitrogens is 1. The molecule has 0 aromatic carbocycles. The van der Waals surface area contributed by atoms with Crippen LogP contribution >= 0.6 is 11.6 Å². The number of halogens is 1. The molecule has 17 heavy (non-hydrogen) atoms. The molecular formula is C13H15ClN2O. The summed E-state index contributed by atoms with van der Waals surface area (Å²) in [5.74, 6) is 1.51. The molecule has 0 spiro atoms. The van der Waals surface area contributed by atoms with E-state index in [-0.39, 0.29) is 5.91 Å². The number of nitrogens with zero attached hydrogens (tertiary/aromatic N) is 1. The summed E-state index contributed by atoms with van der Waals surface area (Å²) in [4.78, 5) is 15.9. The van der Waals surface area contributed by atoms with Gasteiger partial charge in [0.1, 0.15) is 5.15 Å². The molecule has 2 aliphatic carbocycles. The number of amides is 1. The standard InChI is InChI=1S/C13H15ClN2O/c14-12-7-10(3-4-15-12)13(17)16-11-6-8-1-2-9(11)5-8/h3-4,7-9,11H,1-2,5-6H2,(H,16,17). The van der Waals surface area contributed by atoms with E-state index in [9.17, 15) is 4.79 Å². The maximum absolute atomic E-state index is 12.0. The van der Waals surface area contributed by atoms with Gasteiger partial charge in [0, 0.05) is 17.8 Å². The Morgan fingerprint density at radius 3 is 2.94 bits per heavy atom. The molecule has 2 saturated carbocycles. The highest BCUT2D eigenvalue weighted by Crippen LogP contribution is 2.44. The van der Waals surface area contributed by atoms with Crippen molar-refractivity contribution in [3.8, 4) is 0 Å². The Labute approximate surface area is 106 Å². The van der Waals surface area contributed by atoms with Crippen LogP contribution in [-0.2, 0) is 0 Å². The number of hydrogen-bond donors (Lipinski definition) is 1. The Balaban J connectivity index is 1.68. The second-order valence-corrected chi connectivity index (χ2v) is 5.51. The molecule has 1 heterocycles. The number of pyridine rings is 1. The Kier molecular flexibility index (Phi) is 2.79. The van der Waals surface area contributed by atoms with Crippen LogP contribution in [0, 0.1) is 11.8 Å². The van der Waals surface area contributed by atoms with Gasteiger partial charge >= 0.3 is 0 Å². The van der Waals surface area contributed by atoms with E-state index < -0.39 is 0 Å². The Morgan fingerprint density at radius 1 is 1.41 bits per heavy atom. The maximum atomic E-state index is 12.0. The molecule has 1 aromatic heterocycles. The normalized spacial score (nSPS) is 30.5. The molecule has 3 atom stereocenters.